The monoisotopic (exact) mass is 440 g/mol. The summed E-state index contributed by atoms with van der Waals surface area (Å²) in [6, 6.07) is 4.26. The third-order valence-electron chi connectivity index (χ3n) is 6.86. The lowest BCUT2D eigenvalue weighted by Crippen LogP contribution is -2.42. The molecule has 0 aromatic heterocycles. The molecule has 0 rings (SSSR count). The Morgan fingerprint density at radius 1 is 0.433 bits per heavy atom. The largest absolute Gasteiger partial charge is 0.414 e. The summed E-state index contributed by atoms with van der Waals surface area (Å²) in [6.07, 6.45) is 26.9. The third kappa shape index (κ3) is 16.8. The van der Waals surface area contributed by atoms with E-state index in [2.05, 4.69) is 34.6 Å². The molecule has 0 aliphatic heterocycles. The molecule has 0 N–H and O–H groups in total. The predicted octanol–water partition coefficient (Wildman–Crippen LogP) is 10.8. The molecule has 2 heteroatoms. The van der Waals surface area contributed by atoms with Crippen LogP contribution < -0.4 is 0 Å². The molecule has 0 aliphatic carbocycles. The van der Waals surface area contributed by atoms with Crippen LogP contribution in [0.2, 0.25) is 18.1 Å². The highest BCUT2D eigenvalue weighted by molar-refractivity contribution is 6.73. The summed E-state index contributed by atoms with van der Waals surface area (Å²) in [5.74, 6) is 0. The van der Waals surface area contributed by atoms with E-state index in [0.29, 0.717) is 6.10 Å². The molecule has 0 saturated carbocycles. The third-order valence-corrected chi connectivity index (χ3v) is 11.5. The Morgan fingerprint density at radius 2 is 0.833 bits per heavy atom. The average Bonchev–Trinajstić information content (AvgIpc) is 2.76. The fraction of sp³-hybridized carbons (Fsp3) is 1.00. The zero-order valence-corrected chi connectivity index (χ0v) is 23.0. The van der Waals surface area contributed by atoms with E-state index in [1.807, 2.05) is 0 Å². The minimum absolute atomic E-state index is 0.557. The summed E-state index contributed by atoms with van der Waals surface area (Å²) in [7, 11) is -1.56. The van der Waals surface area contributed by atoms with Crippen LogP contribution in [0.1, 0.15) is 157 Å². The van der Waals surface area contributed by atoms with Gasteiger partial charge < -0.3 is 4.43 Å². The van der Waals surface area contributed by atoms with Gasteiger partial charge in [-0.1, -0.05) is 144 Å². The molecule has 1 unspecified atom stereocenters. The second kappa shape index (κ2) is 22.4. The second-order valence-corrected chi connectivity index (χ2v) is 14.1. The molecule has 1 nitrogen and oxygen atoms in total. The van der Waals surface area contributed by atoms with Crippen LogP contribution in [0.3, 0.4) is 0 Å². The van der Waals surface area contributed by atoms with Crippen LogP contribution in [0.15, 0.2) is 0 Å². The van der Waals surface area contributed by atoms with Crippen molar-refractivity contribution in [1.29, 1.82) is 0 Å². The average molecular weight is 441 g/mol. The van der Waals surface area contributed by atoms with Gasteiger partial charge in [0.2, 0.25) is 0 Å². The maximum Gasteiger partial charge on any atom is 0.193 e. The summed E-state index contributed by atoms with van der Waals surface area (Å²) in [6.45, 7) is 11.7. The van der Waals surface area contributed by atoms with E-state index in [4.69, 9.17) is 4.43 Å². The quantitative estimate of drug-likeness (QED) is 0.107. The molecule has 182 valence electrons. The molecule has 0 aromatic carbocycles. The first kappa shape index (κ1) is 30.2. The van der Waals surface area contributed by atoms with Crippen molar-refractivity contribution < 1.29 is 4.43 Å². The van der Waals surface area contributed by atoms with Crippen LogP contribution in [0.5, 0.6) is 0 Å². The Morgan fingerprint density at radius 3 is 1.23 bits per heavy atom. The number of unbranched alkanes of at least 4 members (excludes halogenated alkanes) is 12. The van der Waals surface area contributed by atoms with Crippen LogP contribution in [0.4, 0.5) is 0 Å². The van der Waals surface area contributed by atoms with Crippen LogP contribution in [-0.4, -0.2) is 14.4 Å². The Bertz CT molecular complexity index is 309. The fourth-order valence-corrected chi connectivity index (χ4v) is 9.89. The molecular formula is C28H60OSi. The summed E-state index contributed by atoms with van der Waals surface area (Å²) < 4.78 is 7.21. The van der Waals surface area contributed by atoms with Crippen LogP contribution in [-0.2, 0) is 4.43 Å². The van der Waals surface area contributed by atoms with Crippen molar-refractivity contribution in [2.45, 2.75) is 181 Å². The van der Waals surface area contributed by atoms with Gasteiger partial charge in [-0.05, 0) is 31.0 Å². The molecule has 30 heavy (non-hydrogen) atoms. The highest BCUT2D eigenvalue weighted by Gasteiger charge is 2.35. The van der Waals surface area contributed by atoms with E-state index in [0.717, 1.165) is 0 Å². The lowest BCUT2D eigenvalue weighted by atomic mass is 10.0. The van der Waals surface area contributed by atoms with Crippen molar-refractivity contribution in [3.05, 3.63) is 0 Å². The fourth-order valence-electron chi connectivity index (χ4n) is 4.85. The lowest BCUT2D eigenvalue weighted by Gasteiger charge is -2.36. The Kier molecular flexibility index (Phi) is 22.5. The molecular weight excluding hydrogens is 380 g/mol. The highest BCUT2D eigenvalue weighted by Crippen LogP contribution is 2.32. The summed E-state index contributed by atoms with van der Waals surface area (Å²) >= 11 is 0. The van der Waals surface area contributed by atoms with Gasteiger partial charge in [0, 0.05) is 6.10 Å². The molecule has 0 saturated heterocycles. The zero-order valence-electron chi connectivity index (χ0n) is 22.0. The molecule has 0 heterocycles. The van der Waals surface area contributed by atoms with Gasteiger partial charge in [-0.15, -0.1) is 0 Å². The van der Waals surface area contributed by atoms with Crippen LogP contribution in [0.25, 0.3) is 0 Å². The van der Waals surface area contributed by atoms with Crippen LogP contribution >= 0.6 is 0 Å². The van der Waals surface area contributed by atoms with Crippen molar-refractivity contribution in [3.63, 3.8) is 0 Å². The highest BCUT2D eigenvalue weighted by atomic mass is 28.4. The van der Waals surface area contributed by atoms with E-state index < -0.39 is 8.32 Å². The van der Waals surface area contributed by atoms with Crippen molar-refractivity contribution in [2.24, 2.45) is 0 Å². The molecule has 0 radical (unpaired) electrons. The van der Waals surface area contributed by atoms with Crippen LogP contribution in [0, 0.1) is 0 Å². The van der Waals surface area contributed by atoms with Crippen molar-refractivity contribution in [2.75, 3.05) is 0 Å². The maximum absolute atomic E-state index is 7.21. The first-order chi connectivity index (χ1) is 14.7. The van der Waals surface area contributed by atoms with Crippen molar-refractivity contribution in [1.82, 2.24) is 0 Å². The van der Waals surface area contributed by atoms with E-state index >= 15 is 0 Å². The molecule has 1 atom stereocenters. The lowest BCUT2D eigenvalue weighted by molar-refractivity contribution is 0.159. The minimum atomic E-state index is -1.56. The van der Waals surface area contributed by atoms with Gasteiger partial charge in [-0.3, -0.25) is 0 Å². The Balaban J connectivity index is 4.44. The topological polar surface area (TPSA) is 9.23 Å². The molecule has 0 aliphatic rings. The standard InChI is InChI=1S/C28H60OSi/c1-6-11-15-16-17-18-19-20-21-22-24-28(23-10-5)29-30(25-12-7-2,26-13-8-3)27-14-9-4/h28H,6-27H2,1-5H3. The van der Waals surface area contributed by atoms with Gasteiger partial charge in [0.15, 0.2) is 8.32 Å². The summed E-state index contributed by atoms with van der Waals surface area (Å²) in [5.41, 5.74) is 0. The molecule has 0 amide bonds. The smallest absolute Gasteiger partial charge is 0.193 e. The van der Waals surface area contributed by atoms with Gasteiger partial charge in [0.05, 0.1) is 0 Å². The van der Waals surface area contributed by atoms with Gasteiger partial charge in [-0.2, -0.15) is 0 Å². The Labute approximate surface area is 193 Å². The Hall–Kier alpha value is 0.177. The molecule has 0 aromatic rings. The van der Waals surface area contributed by atoms with Gasteiger partial charge in [0.25, 0.3) is 0 Å². The van der Waals surface area contributed by atoms with Gasteiger partial charge >= 0.3 is 0 Å². The minimum Gasteiger partial charge on any atom is -0.414 e. The first-order valence-electron chi connectivity index (χ1n) is 14.4. The van der Waals surface area contributed by atoms with Gasteiger partial charge in [-0.25, -0.2) is 0 Å². The zero-order chi connectivity index (χ0) is 22.3. The van der Waals surface area contributed by atoms with E-state index in [-0.39, 0.29) is 0 Å². The first-order valence-corrected chi connectivity index (χ1v) is 16.9. The van der Waals surface area contributed by atoms with E-state index in [1.165, 1.54) is 140 Å². The number of hydrogen-bond donors (Lipinski definition) is 0. The van der Waals surface area contributed by atoms with Crippen molar-refractivity contribution >= 4 is 8.32 Å². The van der Waals surface area contributed by atoms with E-state index in [1.54, 1.807) is 0 Å². The molecule has 0 bridgehead atoms. The SMILES string of the molecule is CCCCCCCCCCCCC(CCC)O[Si](CCCC)(CCCC)CCCC. The van der Waals surface area contributed by atoms with E-state index in [9.17, 15) is 0 Å². The normalized spacial score (nSPS) is 13.1. The molecule has 0 fully saturated rings. The molecule has 0 spiro atoms. The maximum atomic E-state index is 7.21. The second-order valence-electron chi connectivity index (χ2n) is 9.99. The summed E-state index contributed by atoms with van der Waals surface area (Å²) in [4.78, 5) is 0. The number of rotatable bonds is 24. The number of hydrogen-bond acceptors (Lipinski definition) is 1. The van der Waals surface area contributed by atoms with Gasteiger partial charge in [0.1, 0.15) is 0 Å². The summed E-state index contributed by atoms with van der Waals surface area (Å²) in [5, 5.41) is 0. The van der Waals surface area contributed by atoms with Crippen molar-refractivity contribution in [3.8, 4) is 0 Å². The predicted molar refractivity (Wildman–Crippen MR) is 141 cm³/mol.